The zero-order valence-corrected chi connectivity index (χ0v) is 18.3. The summed E-state index contributed by atoms with van der Waals surface area (Å²) in [5, 5.41) is 12.3. The number of alkyl halides is 3. The molecule has 0 fully saturated rings. The molecule has 0 aliphatic heterocycles. The number of urea groups is 1. The van der Waals surface area contributed by atoms with Crippen LogP contribution in [-0.2, 0) is 10.9 Å². The molecule has 4 rings (SSSR count). The quantitative estimate of drug-likeness (QED) is 0.286. The van der Waals surface area contributed by atoms with Crippen LogP contribution in [0.5, 0.6) is 17.2 Å². The molecule has 0 radical (unpaired) electrons. The second-order valence-corrected chi connectivity index (χ2v) is 7.20. The zero-order valence-electron chi connectivity index (χ0n) is 18.3. The normalized spacial score (nSPS) is 11.3. The summed E-state index contributed by atoms with van der Waals surface area (Å²) >= 11 is 0. The number of amides is 2. The molecule has 2 heterocycles. The van der Waals surface area contributed by atoms with Gasteiger partial charge in [0.25, 0.3) is 0 Å². The summed E-state index contributed by atoms with van der Waals surface area (Å²) in [4.78, 5) is 16.5. The number of fused-ring (bicyclic) bond motifs is 1. The van der Waals surface area contributed by atoms with E-state index in [1.165, 1.54) is 13.2 Å². The number of aromatic nitrogens is 3. The van der Waals surface area contributed by atoms with Crippen molar-refractivity contribution in [2.24, 2.45) is 0 Å². The molecule has 9 nitrogen and oxygen atoms in total. The van der Waals surface area contributed by atoms with Crippen molar-refractivity contribution >= 4 is 28.4 Å². The van der Waals surface area contributed by atoms with Gasteiger partial charge in [-0.3, -0.25) is 5.10 Å². The Morgan fingerprint density at radius 3 is 2.49 bits per heavy atom. The average molecular weight is 487 g/mol. The van der Waals surface area contributed by atoms with Crippen LogP contribution in [0.15, 0.2) is 60.9 Å². The van der Waals surface area contributed by atoms with E-state index in [-0.39, 0.29) is 24.7 Å². The van der Waals surface area contributed by atoms with Gasteiger partial charge in [0, 0.05) is 24.7 Å². The van der Waals surface area contributed by atoms with Crippen molar-refractivity contribution < 1.29 is 32.2 Å². The highest BCUT2D eigenvalue weighted by Crippen LogP contribution is 2.38. The predicted molar refractivity (Wildman–Crippen MR) is 122 cm³/mol. The number of aromatic amines is 1. The molecule has 0 saturated carbocycles. The lowest BCUT2D eigenvalue weighted by Crippen LogP contribution is -2.20. The van der Waals surface area contributed by atoms with Crippen molar-refractivity contribution in [3.8, 4) is 17.2 Å². The lowest BCUT2D eigenvalue weighted by Gasteiger charge is -2.16. The number of H-pyrrole nitrogens is 1. The number of hydrogen-bond donors (Lipinski definition) is 3. The lowest BCUT2D eigenvalue weighted by molar-refractivity contribution is -0.139. The Bertz CT molecular complexity index is 1310. The summed E-state index contributed by atoms with van der Waals surface area (Å²) in [6.07, 6.45) is -1.48. The summed E-state index contributed by atoms with van der Waals surface area (Å²) in [7, 11) is 1.42. The van der Waals surface area contributed by atoms with Crippen molar-refractivity contribution in [3.05, 3.63) is 66.5 Å². The Hall–Kier alpha value is -4.32. The van der Waals surface area contributed by atoms with Crippen LogP contribution in [0, 0.1) is 0 Å². The number of pyridine rings is 1. The third-order valence-electron chi connectivity index (χ3n) is 4.74. The maximum atomic E-state index is 13.4. The Morgan fingerprint density at radius 1 is 1.00 bits per heavy atom. The summed E-state index contributed by atoms with van der Waals surface area (Å²) < 4.78 is 56.0. The van der Waals surface area contributed by atoms with E-state index in [2.05, 4.69) is 25.8 Å². The first-order valence-electron chi connectivity index (χ1n) is 10.3. The minimum Gasteiger partial charge on any atom is -0.491 e. The molecule has 0 bridgehead atoms. The van der Waals surface area contributed by atoms with Crippen LogP contribution in [0.4, 0.5) is 29.3 Å². The molecule has 0 unspecified atom stereocenters. The maximum Gasteiger partial charge on any atom is 0.420 e. The Labute approximate surface area is 197 Å². The van der Waals surface area contributed by atoms with E-state index < -0.39 is 17.8 Å². The highest BCUT2D eigenvalue weighted by atomic mass is 19.4. The van der Waals surface area contributed by atoms with Gasteiger partial charge in [-0.15, -0.1) is 0 Å². The minimum atomic E-state index is -4.66. The second-order valence-electron chi connectivity index (χ2n) is 7.20. The van der Waals surface area contributed by atoms with E-state index in [1.807, 2.05) is 0 Å². The van der Waals surface area contributed by atoms with E-state index in [4.69, 9.17) is 14.2 Å². The minimum absolute atomic E-state index is 0.0410. The highest BCUT2D eigenvalue weighted by Gasteiger charge is 2.35. The van der Waals surface area contributed by atoms with Crippen LogP contribution >= 0.6 is 0 Å². The van der Waals surface area contributed by atoms with Crippen molar-refractivity contribution in [3.63, 3.8) is 0 Å². The van der Waals surface area contributed by atoms with Gasteiger partial charge in [0.05, 0.1) is 23.8 Å². The van der Waals surface area contributed by atoms with Gasteiger partial charge in [-0.2, -0.15) is 18.3 Å². The molecule has 12 heteroatoms. The van der Waals surface area contributed by atoms with E-state index >= 15 is 0 Å². The zero-order chi connectivity index (χ0) is 24.8. The monoisotopic (exact) mass is 487 g/mol. The predicted octanol–water partition coefficient (Wildman–Crippen LogP) is 5.44. The van der Waals surface area contributed by atoms with Crippen LogP contribution in [0.25, 0.3) is 11.0 Å². The number of methoxy groups -OCH3 is 1. The molecule has 0 saturated heterocycles. The molecule has 2 amide bonds. The number of anilines is 2. The van der Waals surface area contributed by atoms with E-state index in [0.29, 0.717) is 28.2 Å². The maximum absolute atomic E-state index is 13.4. The largest absolute Gasteiger partial charge is 0.491 e. The number of nitrogens with zero attached hydrogens (tertiary/aromatic N) is 2. The van der Waals surface area contributed by atoms with Gasteiger partial charge < -0.3 is 24.8 Å². The molecule has 35 heavy (non-hydrogen) atoms. The SMILES string of the molecule is COCCOc1ccc(NC(=O)Nc2ccc(Oc3ccnc4[nH]ncc34)cc2)cc1C(F)(F)F. The molecule has 4 aromatic rings. The van der Waals surface area contributed by atoms with E-state index in [1.54, 1.807) is 42.7 Å². The molecule has 0 aliphatic rings. The first-order valence-corrected chi connectivity index (χ1v) is 10.3. The van der Waals surface area contributed by atoms with Gasteiger partial charge in [-0.05, 0) is 48.5 Å². The second kappa shape index (κ2) is 10.3. The van der Waals surface area contributed by atoms with Crippen molar-refractivity contribution in [2.45, 2.75) is 6.18 Å². The Morgan fingerprint density at radius 2 is 1.74 bits per heavy atom. The number of carbonyl (C=O) groups is 1. The van der Waals surface area contributed by atoms with Crippen LogP contribution in [-0.4, -0.2) is 41.5 Å². The van der Waals surface area contributed by atoms with Gasteiger partial charge in [0.1, 0.15) is 23.9 Å². The van der Waals surface area contributed by atoms with Crippen molar-refractivity contribution in [1.29, 1.82) is 0 Å². The fourth-order valence-corrected chi connectivity index (χ4v) is 3.13. The van der Waals surface area contributed by atoms with Crippen LogP contribution in [0.3, 0.4) is 0 Å². The molecule has 182 valence electrons. The van der Waals surface area contributed by atoms with Crippen LogP contribution in [0.1, 0.15) is 5.56 Å². The van der Waals surface area contributed by atoms with Gasteiger partial charge >= 0.3 is 12.2 Å². The average Bonchev–Trinajstić information content (AvgIpc) is 3.31. The third kappa shape index (κ3) is 5.98. The van der Waals surface area contributed by atoms with Gasteiger partial charge in [-0.25, -0.2) is 9.78 Å². The number of nitrogens with one attached hydrogen (secondary N) is 3. The van der Waals surface area contributed by atoms with Crippen molar-refractivity contribution in [2.75, 3.05) is 31.0 Å². The summed E-state index contributed by atoms with van der Waals surface area (Å²) in [5.41, 5.74) is -0.0549. The molecule has 2 aromatic heterocycles. The number of carbonyl (C=O) groups excluding carboxylic acids is 1. The van der Waals surface area contributed by atoms with Gasteiger partial charge in [0.2, 0.25) is 0 Å². The fraction of sp³-hybridized carbons (Fsp3) is 0.174. The van der Waals surface area contributed by atoms with Crippen LogP contribution in [0.2, 0.25) is 0 Å². The Balaban J connectivity index is 1.39. The lowest BCUT2D eigenvalue weighted by atomic mass is 10.1. The number of rotatable bonds is 8. The number of benzene rings is 2. The molecule has 2 aromatic carbocycles. The van der Waals surface area contributed by atoms with Crippen LogP contribution < -0.4 is 20.1 Å². The number of hydrogen-bond acceptors (Lipinski definition) is 6. The highest BCUT2D eigenvalue weighted by molar-refractivity contribution is 5.99. The summed E-state index contributed by atoms with van der Waals surface area (Å²) in [6.45, 7) is 0.0976. The summed E-state index contributed by atoms with van der Waals surface area (Å²) in [5.74, 6) is 0.707. The first kappa shape index (κ1) is 23.8. The molecule has 0 aliphatic carbocycles. The first-order chi connectivity index (χ1) is 16.8. The molecule has 0 atom stereocenters. The Kier molecular flexibility index (Phi) is 7.01. The molecule has 0 spiro atoms. The molecular formula is C23H20F3N5O4. The number of halogens is 3. The standard InChI is InChI=1S/C23H20F3N5O4/c1-33-10-11-34-20-7-4-15(12-18(20)23(24,25)26)30-22(32)29-14-2-5-16(6-3-14)35-19-8-9-27-21-17(19)13-28-31-21/h2-9,12-13H,10-11H2,1H3,(H,27,28,31)(H2,29,30,32). The van der Waals surface area contributed by atoms with Crippen molar-refractivity contribution in [1.82, 2.24) is 15.2 Å². The molecule has 3 N–H and O–H groups in total. The van der Waals surface area contributed by atoms with E-state index in [9.17, 15) is 18.0 Å². The van der Waals surface area contributed by atoms with Gasteiger partial charge in [0.15, 0.2) is 5.65 Å². The van der Waals surface area contributed by atoms with Gasteiger partial charge in [-0.1, -0.05) is 0 Å². The smallest absolute Gasteiger partial charge is 0.420 e. The number of ether oxygens (including phenoxy) is 3. The third-order valence-corrected chi connectivity index (χ3v) is 4.74. The topological polar surface area (TPSA) is 110 Å². The summed E-state index contributed by atoms with van der Waals surface area (Å²) in [6, 6.07) is 10.7. The molecular weight excluding hydrogens is 467 g/mol. The fourth-order valence-electron chi connectivity index (χ4n) is 3.13. The van der Waals surface area contributed by atoms with E-state index in [0.717, 1.165) is 12.1 Å².